The minimum Gasteiger partial charge on any atom is -0.493 e. The smallest absolute Gasteiger partial charge is 0.493 e. The van der Waals surface area contributed by atoms with Crippen molar-refractivity contribution in [3.8, 4) is 23.1 Å². The van der Waals surface area contributed by atoms with Gasteiger partial charge in [0, 0.05) is 30.4 Å². The molecule has 0 unspecified atom stereocenters. The number of amides is 1. The number of benzene rings is 2. The zero-order chi connectivity index (χ0) is 22.6. The number of hydrogen-bond acceptors (Lipinski definition) is 5. The topological polar surface area (TPSA) is 76.8 Å². The number of rotatable bonds is 3. The highest BCUT2D eigenvalue weighted by atomic mass is 19.4. The van der Waals surface area contributed by atoms with Crippen LogP contribution in [0.3, 0.4) is 0 Å². The highest BCUT2D eigenvalue weighted by Gasteiger charge is 2.43. The summed E-state index contributed by atoms with van der Waals surface area (Å²) in [5.41, 5.74) is -1.03. The fourth-order valence-electron chi connectivity index (χ4n) is 2.93. The lowest BCUT2D eigenvalue weighted by Crippen LogP contribution is -2.26. The summed E-state index contributed by atoms with van der Waals surface area (Å²) in [4.78, 5) is 14.0. The van der Waals surface area contributed by atoms with Crippen LogP contribution in [0, 0.1) is 0 Å². The monoisotopic (exact) mass is 441 g/mol. The molecule has 12 heteroatoms. The summed E-state index contributed by atoms with van der Waals surface area (Å²) < 4.78 is 74.2. The Morgan fingerprint density at radius 1 is 1.10 bits per heavy atom. The van der Waals surface area contributed by atoms with Crippen molar-refractivity contribution >= 4 is 11.6 Å². The summed E-state index contributed by atoms with van der Waals surface area (Å²) in [5, 5.41) is 13.1. The van der Waals surface area contributed by atoms with Crippen LogP contribution in [0.1, 0.15) is 16.1 Å². The molecular weight excluding hydrogens is 429 g/mol. The molecular formula is C19H12F5N3O4. The lowest BCUT2D eigenvalue weighted by atomic mass is 10.1. The van der Waals surface area contributed by atoms with Crippen LogP contribution < -0.4 is 14.4 Å². The summed E-state index contributed by atoms with van der Waals surface area (Å²) in [5.74, 6) is -1.81. The van der Waals surface area contributed by atoms with Gasteiger partial charge < -0.3 is 19.5 Å². The van der Waals surface area contributed by atoms with E-state index < -0.39 is 30.0 Å². The number of anilines is 1. The van der Waals surface area contributed by atoms with E-state index in [1.807, 2.05) is 0 Å². The average Bonchev–Trinajstić information content (AvgIpc) is 3.24. The van der Waals surface area contributed by atoms with Crippen molar-refractivity contribution in [1.29, 1.82) is 0 Å². The van der Waals surface area contributed by atoms with Crippen LogP contribution in [0.25, 0.3) is 5.69 Å². The quantitative estimate of drug-likeness (QED) is 0.617. The maximum absolute atomic E-state index is 13.2. The normalized spacial score (nSPS) is 14.5. The minimum absolute atomic E-state index is 0.0116. The molecule has 1 amide bonds. The van der Waals surface area contributed by atoms with Crippen molar-refractivity contribution in [2.45, 2.75) is 12.5 Å². The molecule has 1 N–H and O–H groups in total. The second kappa shape index (κ2) is 6.86. The van der Waals surface area contributed by atoms with Gasteiger partial charge in [0.1, 0.15) is 0 Å². The molecule has 31 heavy (non-hydrogen) atoms. The predicted molar refractivity (Wildman–Crippen MR) is 95.6 cm³/mol. The molecule has 0 radical (unpaired) electrons. The van der Waals surface area contributed by atoms with E-state index in [4.69, 9.17) is 0 Å². The zero-order valence-electron chi connectivity index (χ0n) is 15.5. The number of alkyl halides is 5. The van der Waals surface area contributed by atoms with Gasteiger partial charge in [-0.25, -0.2) is 4.68 Å². The number of hydrogen-bond donors (Lipinski definition) is 1. The molecule has 0 bridgehead atoms. The molecule has 0 aliphatic carbocycles. The summed E-state index contributed by atoms with van der Waals surface area (Å²) >= 11 is 0. The molecule has 4 rings (SSSR count). The number of halogens is 5. The zero-order valence-corrected chi connectivity index (χ0v) is 15.5. The summed E-state index contributed by atoms with van der Waals surface area (Å²) in [6, 6.07) is 9.60. The fourth-order valence-corrected chi connectivity index (χ4v) is 2.93. The van der Waals surface area contributed by atoms with E-state index in [1.165, 1.54) is 49.5 Å². The largest absolute Gasteiger partial charge is 0.586 e. The van der Waals surface area contributed by atoms with Crippen molar-refractivity contribution in [3.05, 3.63) is 59.8 Å². The van der Waals surface area contributed by atoms with Gasteiger partial charge in [0.25, 0.3) is 5.91 Å². The Kier molecular flexibility index (Phi) is 4.52. The summed E-state index contributed by atoms with van der Waals surface area (Å²) in [6.07, 6.45) is -8.56. The van der Waals surface area contributed by atoms with Crippen molar-refractivity contribution in [1.82, 2.24) is 9.78 Å². The second-order valence-electron chi connectivity index (χ2n) is 6.51. The molecule has 1 aliphatic rings. The van der Waals surface area contributed by atoms with Crippen LogP contribution in [0.4, 0.5) is 27.6 Å². The highest BCUT2D eigenvalue weighted by Crippen LogP contribution is 2.42. The standard InChI is InChI=1S/C19H12F5N3O4/c1-26(11-5-6-13-14(8-11)31-19(23,24)30-13)17(29)10-3-2-4-12(7-10)27-16(28)9-15(25-27)18(20,21)22/h2-9,28H,1H3. The average molecular weight is 441 g/mol. The van der Waals surface area contributed by atoms with Gasteiger partial charge in [-0.15, -0.1) is 8.78 Å². The number of fused-ring (bicyclic) bond motifs is 1. The van der Waals surface area contributed by atoms with Crippen LogP contribution in [-0.2, 0) is 6.18 Å². The second-order valence-corrected chi connectivity index (χ2v) is 6.51. The van der Waals surface area contributed by atoms with Gasteiger partial charge in [-0.1, -0.05) is 6.07 Å². The van der Waals surface area contributed by atoms with Crippen molar-refractivity contribution in [3.63, 3.8) is 0 Å². The molecule has 0 saturated heterocycles. The lowest BCUT2D eigenvalue weighted by Gasteiger charge is -2.18. The minimum atomic E-state index is -4.76. The Morgan fingerprint density at radius 3 is 2.48 bits per heavy atom. The Labute approximate surface area is 170 Å². The number of carbonyl (C=O) groups is 1. The van der Waals surface area contributed by atoms with E-state index >= 15 is 0 Å². The maximum atomic E-state index is 13.2. The number of carbonyl (C=O) groups excluding carboxylic acids is 1. The summed E-state index contributed by atoms with van der Waals surface area (Å²) in [6.45, 7) is 0. The van der Waals surface area contributed by atoms with Crippen LogP contribution in [0.5, 0.6) is 17.4 Å². The van der Waals surface area contributed by atoms with E-state index in [9.17, 15) is 31.9 Å². The van der Waals surface area contributed by atoms with Crippen LogP contribution in [0.15, 0.2) is 48.5 Å². The Morgan fingerprint density at radius 2 is 1.81 bits per heavy atom. The van der Waals surface area contributed by atoms with Crippen molar-refractivity contribution in [2.75, 3.05) is 11.9 Å². The molecule has 1 aliphatic heterocycles. The first-order valence-corrected chi connectivity index (χ1v) is 8.59. The van der Waals surface area contributed by atoms with Gasteiger partial charge in [0.15, 0.2) is 17.2 Å². The van der Waals surface area contributed by atoms with Gasteiger partial charge in [0.05, 0.1) is 5.69 Å². The third-order valence-electron chi connectivity index (χ3n) is 4.40. The maximum Gasteiger partial charge on any atom is 0.586 e. The molecule has 1 aromatic heterocycles. The molecule has 0 atom stereocenters. The summed E-state index contributed by atoms with van der Waals surface area (Å²) in [7, 11) is 1.37. The molecule has 7 nitrogen and oxygen atoms in total. The van der Waals surface area contributed by atoms with Crippen LogP contribution >= 0.6 is 0 Å². The van der Waals surface area contributed by atoms with Gasteiger partial charge in [0.2, 0.25) is 5.88 Å². The highest BCUT2D eigenvalue weighted by molar-refractivity contribution is 6.06. The predicted octanol–water partition coefficient (Wildman–Crippen LogP) is 4.19. The van der Waals surface area contributed by atoms with E-state index in [0.717, 1.165) is 4.90 Å². The molecule has 2 aromatic carbocycles. The Balaban J connectivity index is 1.62. The molecule has 0 spiro atoms. The Hall–Kier alpha value is -3.83. The molecule has 162 valence electrons. The van der Waals surface area contributed by atoms with Gasteiger partial charge in [-0.2, -0.15) is 18.3 Å². The molecule has 3 aromatic rings. The Bertz CT molecular complexity index is 1180. The first-order chi connectivity index (χ1) is 14.4. The van der Waals surface area contributed by atoms with E-state index in [2.05, 4.69) is 14.6 Å². The van der Waals surface area contributed by atoms with E-state index in [-0.39, 0.29) is 28.4 Å². The lowest BCUT2D eigenvalue weighted by molar-refractivity contribution is -0.286. The molecule has 2 heterocycles. The van der Waals surface area contributed by atoms with Crippen LogP contribution in [-0.4, -0.2) is 34.1 Å². The third-order valence-corrected chi connectivity index (χ3v) is 4.40. The fraction of sp³-hybridized carbons (Fsp3) is 0.158. The molecule has 0 saturated carbocycles. The van der Waals surface area contributed by atoms with E-state index in [1.54, 1.807) is 0 Å². The number of aromatic hydroxyl groups is 1. The number of ether oxygens (including phenoxy) is 2. The van der Waals surface area contributed by atoms with Gasteiger partial charge in [-0.05, 0) is 30.3 Å². The van der Waals surface area contributed by atoms with Crippen molar-refractivity contribution in [2.24, 2.45) is 0 Å². The van der Waals surface area contributed by atoms with Gasteiger partial charge >= 0.3 is 12.5 Å². The van der Waals surface area contributed by atoms with Crippen LogP contribution in [0.2, 0.25) is 0 Å². The SMILES string of the molecule is CN(C(=O)c1cccc(-n2nc(C(F)(F)F)cc2O)c1)c1ccc2c(c1)OC(F)(F)O2. The number of aromatic nitrogens is 2. The van der Waals surface area contributed by atoms with E-state index in [0.29, 0.717) is 10.7 Å². The molecule has 0 fully saturated rings. The first kappa shape index (κ1) is 20.4. The number of nitrogens with zero attached hydrogens (tertiary/aromatic N) is 3. The first-order valence-electron chi connectivity index (χ1n) is 8.59. The van der Waals surface area contributed by atoms with Crippen molar-refractivity contribution < 1.29 is 41.3 Å². The van der Waals surface area contributed by atoms with Gasteiger partial charge in [-0.3, -0.25) is 4.79 Å². The third kappa shape index (κ3) is 3.83.